The molecular formula is C15H12N2O2S. The van der Waals surface area contributed by atoms with Crippen molar-refractivity contribution in [1.82, 2.24) is 0 Å². The van der Waals surface area contributed by atoms with Gasteiger partial charge in [0.05, 0.1) is 5.56 Å². The SMILES string of the molecule is N#Cc1c(N=Cc2ccc(O)c(O)c2)sc2c1CCC2. The molecule has 20 heavy (non-hydrogen) atoms. The molecule has 100 valence electrons. The highest BCUT2D eigenvalue weighted by molar-refractivity contribution is 7.16. The molecule has 0 aliphatic heterocycles. The van der Waals surface area contributed by atoms with Crippen LogP contribution in [-0.4, -0.2) is 16.4 Å². The zero-order valence-corrected chi connectivity index (χ0v) is 11.4. The molecule has 0 amide bonds. The molecule has 0 saturated heterocycles. The summed E-state index contributed by atoms with van der Waals surface area (Å²) >= 11 is 1.57. The van der Waals surface area contributed by atoms with Gasteiger partial charge in [0, 0.05) is 11.1 Å². The van der Waals surface area contributed by atoms with Gasteiger partial charge in [0.15, 0.2) is 11.5 Å². The maximum Gasteiger partial charge on any atom is 0.158 e. The van der Waals surface area contributed by atoms with Gasteiger partial charge < -0.3 is 10.2 Å². The van der Waals surface area contributed by atoms with Crippen molar-refractivity contribution in [3.63, 3.8) is 0 Å². The van der Waals surface area contributed by atoms with E-state index < -0.39 is 0 Å². The number of phenolic OH excluding ortho intramolecular Hbond substituents is 2. The molecule has 0 atom stereocenters. The first-order valence-electron chi connectivity index (χ1n) is 6.29. The number of benzene rings is 1. The highest BCUT2D eigenvalue weighted by Crippen LogP contribution is 2.40. The van der Waals surface area contributed by atoms with Gasteiger partial charge >= 0.3 is 0 Å². The molecule has 5 heteroatoms. The lowest BCUT2D eigenvalue weighted by Crippen LogP contribution is -1.82. The first-order valence-corrected chi connectivity index (χ1v) is 7.11. The van der Waals surface area contributed by atoms with Crippen molar-refractivity contribution in [3.8, 4) is 17.6 Å². The standard InChI is InChI=1S/C15H12N2O2S/c16-7-11-10-2-1-3-14(10)20-15(11)17-8-9-4-5-12(18)13(19)6-9/h4-6,8,18-19H,1-3H2. The summed E-state index contributed by atoms with van der Waals surface area (Å²) in [4.78, 5) is 5.63. The maximum absolute atomic E-state index is 9.43. The molecule has 1 aliphatic rings. The van der Waals surface area contributed by atoms with Gasteiger partial charge in [-0.15, -0.1) is 11.3 Å². The molecule has 0 radical (unpaired) electrons. The van der Waals surface area contributed by atoms with Crippen LogP contribution in [0.4, 0.5) is 5.00 Å². The molecule has 1 aromatic heterocycles. The second kappa shape index (κ2) is 4.99. The lowest BCUT2D eigenvalue weighted by atomic mass is 10.1. The minimum Gasteiger partial charge on any atom is -0.504 e. The third-order valence-corrected chi connectivity index (χ3v) is 4.54. The summed E-state index contributed by atoms with van der Waals surface area (Å²) in [6, 6.07) is 6.75. The number of hydrogen-bond acceptors (Lipinski definition) is 5. The Kier molecular flexibility index (Phi) is 3.17. The van der Waals surface area contributed by atoms with Gasteiger partial charge in [0.2, 0.25) is 0 Å². The number of nitriles is 1. The van der Waals surface area contributed by atoms with Crippen LogP contribution >= 0.6 is 11.3 Å². The van der Waals surface area contributed by atoms with E-state index in [-0.39, 0.29) is 11.5 Å². The van der Waals surface area contributed by atoms with Crippen LogP contribution in [0.15, 0.2) is 23.2 Å². The Morgan fingerprint density at radius 3 is 2.85 bits per heavy atom. The van der Waals surface area contributed by atoms with Crippen molar-refractivity contribution in [2.75, 3.05) is 0 Å². The Balaban J connectivity index is 1.93. The molecule has 2 N–H and O–H groups in total. The van der Waals surface area contributed by atoms with E-state index in [0.717, 1.165) is 29.8 Å². The van der Waals surface area contributed by atoms with E-state index >= 15 is 0 Å². The van der Waals surface area contributed by atoms with Crippen molar-refractivity contribution in [2.24, 2.45) is 4.99 Å². The summed E-state index contributed by atoms with van der Waals surface area (Å²) in [6.07, 6.45) is 4.71. The first-order chi connectivity index (χ1) is 9.69. The van der Waals surface area contributed by atoms with Crippen LogP contribution < -0.4 is 0 Å². The van der Waals surface area contributed by atoms with Gasteiger partial charge in [0.25, 0.3) is 0 Å². The van der Waals surface area contributed by atoms with Crippen LogP contribution in [0.1, 0.15) is 28.0 Å². The number of fused-ring (bicyclic) bond motifs is 1. The topological polar surface area (TPSA) is 76.6 Å². The van der Waals surface area contributed by atoms with Gasteiger partial charge in [-0.05, 0) is 48.6 Å². The van der Waals surface area contributed by atoms with E-state index in [1.807, 2.05) is 0 Å². The van der Waals surface area contributed by atoms with E-state index in [1.165, 1.54) is 17.0 Å². The van der Waals surface area contributed by atoms with Crippen molar-refractivity contribution in [3.05, 3.63) is 39.8 Å². The van der Waals surface area contributed by atoms with E-state index in [2.05, 4.69) is 11.1 Å². The number of phenols is 2. The number of thiophene rings is 1. The molecule has 2 aromatic rings. The number of nitrogens with zero attached hydrogens (tertiary/aromatic N) is 2. The Labute approximate surface area is 120 Å². The van der Waals surface area contributed by atoms with Crippen LogP contribution in [0.25, 0.3) is 0 Å². The van der Waals surface area contributed by atoms with Gasteiger partial charge in [-0.3, -0.25) is 0 Å². The molecule has 1 aliphatic carbocycles. The maximum atomic E-state index is 9.43. The molecule has 0 saturated carbocycles. The minimum atomic E-state index is -0.178. The summed E-state index contributed by atoms with van der Waals surface area (Å²) in [5, 5.41) is 28.7. The molecule has 0 bridgehead atoms. The molecule has 4 nitrogen and oxygen atoms in total. The van der Waals surface area contributed by atoms with Gasteiger partial charge in [0.1, 0.15) is 11.1 Å². The lowest BCUT2D eigenvalue weighted by molar-refractivity contribution is 0.403. The van der Waals surface area contributed by atoms with Crippen molar-refractivity contribution < 1.29 is 10.2 Å². The zero-order valence-electron chi connectivity index (χ0n) is 10.6. The number of aryl methyl sites for hydroxylation is 1. The molecule has 1 aromatic carbocycles. The highest BCUT2D eigenvalue weighted by Gasteiger charge is 2.21. The fourth-order valence-corrected chi connectivity index (χ4v) is 3.53. The third kappa shape index (κ3) is 2.15. The summed E-state index contributed by atoms with van der Waals surface area (Å²) in [7, 11) is 0. The Hall–Kier alpha value is -2.32. The van der Waals surface area contributed by atoms with Crippen molar-refractivity contribution >= 4 is 22.6 Å². The zero-order chi connectivity index (χ0) is 14.1. The summed E-state index contributed by atoms with van der Waals surface area (Å²) < 4.78 is 0. The van der Waals surface area contributed by atoms with Gasteiger partial charge in [-0.1, -0.05) is 0 Å². The Bertz CT molecular complexity index is 741. The normalized spacial score (nSPS) is 13.6. The smallest absolute Gasteiger partial charge is 0.158 e. The van der Waals surface area contributed by atoms with Crippen molar-refractivity contribution in [1.29, 1.82) is 5.26 Å². The monoisotopic (exact) mass is 284 g/mol. The van der Waals surface area contributed by atoms with E-state index in [4.69, 9.17) is 0 Å². The van der Waals surface area contributed by atoms with E-state index in [9.17, 15) is 15.5 Å². The van der Waals surface area contributed by atoms with Gasteiger partial charge in [-0.2, -0.15) is 5.26 Å². The molecule has 0 spiro atoms. The number of hydrogen-bond donors (Lipinski definition) is 2. The quantitative estimate of drug-likeness (QED) is 0.656. The van der Waals surface area contributed by atoms with Crippen LogP contribution in [-0.2, 0) is 12.8 Å². The summed E-state index contributed by atoms with van der Waals surface area (Å²) in [5.41, 5.74) is 2.51. The average molecular weight is 284 g/mol. The fraction of sp³-hybridized carbons (Fsp3) is 0.200. The Morgan fingerprint density at radius 2 is 2.10 bits per heavy atom. The third-order valence-electron chi connectivity index (χ3n) is 3.34. The largest absolute Gasteiger partial charge is 0.504 e. The predicted octanol–water partition coefficient (Wildman–Crippen LogP) is 3.27. The van der Waals surface area contributed by atoms with Crippen LogP contribution in [0, 0.1) is 11.3 Å². The Morgan fingerprint density at radius 1 is 1.25 bits per heavy atom. The van der Waals surface area contributed by atoms with Crippen LogP contribution in [0.3, 0.4) is 0 Å². The molecule has 0 fully saturated rings. The molecular weight excluding hydrogens is 272 g/mol. The second-order valence-corrected chi connectivity index (χ2v) is 5.74. The predicted molar refractivity (Wildman–Crippen MR) is 78.1 cm³/mol. The van der Waals surface area contributed by atoms with E-state index in [1.54, 1.807) is 23.6 Å². The average Bonchev–Trinajstić information content (AvgIpc) is 3.00. The van der Waals surface area contributed by atoms with Crippen LogP contribution in [0.5, 0.6) is 11.5 Å². The van der Waals surface area contributed by atoms with Gasteiger partial charge in [-0.25, -0.2) is 4.99 Å². The highest BCUT2D eigenvalue weighted by atomic mass is 32.1. The summed E-state index contributed by atoms with van der Waals surface area (Å²) in [5.74, 6) is -0.335. The number of aliphatic imine (C=N–C) groups is 1. The summed E-state index contributed by atoms with van der Waals surface area (Å²) in [6.45, 7) is 0. The first kappa shape index (κ1) is 12.7. The number of aromatic hydroxyl groups is 2. The van der Waals surface area contributed by atoms with Crippen LogP contribution in [0.2, 0.25) is 0 Å². The molecule has 1 heterocycles. The van der Waals surface area contributed by atoms with E-state index in [0.29, 0.717) is 11.1 Å². The number of rotatable bonds is 2. The fourth-order valence-electron chi connectivity index (χ4n) is 2.35. The minimum absolute atomic E-state index is 0.157. The lowest BCUT2D eigenvalue weighted by Gasteiger charge is -1.98. The molecule has 3 rings (SSSR count). The van der Waals surface area contributed by atoms with Crippen molar-refractivity contribution in [2.45, 2.75) is 19.3 Å². The molecule has 0 unspecified atom stereocenters. The second-order valence-electron chi connectivity index (χ2n) is 4.66.